The summed E-state index contributed by atoms with van der Waals surface area (Å²) in [5.41, 5.74) is 0.725. The lowest BCUT2D eigenvalue weighted by molar-refractivity contribution is 0.00288. The molecule has 5 nitrogen and oxygen atoms in total. The van der Waals surface area contributed by atoms with Crippen molar-refractivity contribution in [3.05, 3.63) is 35.6 Å². The molecule has 136 valence electrons. The van der Waals surface area contributed by atoms with Crippen LogP contribution in [0.1, 0.15) is 37.7 Å². The highest BCUT2D eigenvalue weighted by molar-refractivity contribution is 7.86. The van der Waals surface area contributed by atoms with Crippen molar-refractivity contribution < 1.29 is 27.2 Å². The normalized spacial score (nSPS) is 28.0. The smallest absolute Gasteiger partial charge is 0.267 e. The number of aliphatic hydroxyl groups is 2. The van der Waals surface area contributed by atoms with Gasteiger partial charge >= 0.3 is 0 Å². The summed E-state index contributed by atoms with van der Waals surface area (Å²) in [4.78, 5) is 0. The van der Waals surface area contributed by atoms with E-state index in [1.807, 2.05) is 0 Å². The van der Waals surface area contributed by atoms with Crippen LogP contribution >= 0.6 is 0 Å². The van der Waals surface area contributed by atoms with Crippen LogP contribution in [0, 0.1) is 17.7 Å². The zero-order chi connectivity index (χ0) is 17.7. The van der Waals surface area contributed by atoms with Crippen LogP contribution in [0.4, 0.5) is 4.39 Å². The van der Waals surface area contributed by atoms with Gasteiger partial charge in [-0.25, -0.2) is 4.39 Å². The fourth-order valence-corrected chi connectivity index (χ4v) is 4.45. The Hall–Kier alpha value is -1.02. The Bertz CT molecular complexity index is 616. The molecule has 1 fully saturated rings. The zero-order valence-corrected chi connectivity index (χ0v) is 14.6. The van der Waals surface area contributed by atoms with E-state index in [9.17, 15) is 23.0 Å². The zero-order valence-electron chi connectivity index (χ0n) is 13.8. The second kappa shape index (κ2) is 8.38. The molecule has 0 aliphatic heterocycles. The van der Waals surface area contributed by atoms with E-state index < -0.39 is 22.1 Å². The average molecular weight is 360 g/mol. The number of aliphatic hydroxyl groups excluding tert-OH is 2. The molecule has 0 heterocycles. The Morgan fingerprint density at radius 3 is 2.50 bits per heavy atom. The Labute approximate surface area is 142 Å². The molecule has 4 atom stereocenters. The first-order valence-electron chi connectivity index (χ1n) is 8.29. The molecule has 0 saturated heterocycles. The Kier molecular flexibility index (Phi) is 6.74. The minimum atomic E-state index is -3.62. The van der Waals surface area contributed by atoms with E-state index in [2.05, 4.69) is 0 Å². The summed E-state index contributed by atoms with van der Waals surface area (Å²) in [6.45, 7) is 1.56. The summed E-state index contributed by atoms with van der Waals surface area (Å²) in [6.07, 6.45) is 0.879. The third kappa shape index (κ3) is 4.75. The number of rotatable bonds is 7. The van der Waals surface area contributed by atoms with Gasteiger partial charge in [0.1, 0.15) is 5.82 Å². The fourth-order valence-electron chi connectivity index (χ4n) is 3.47. The second-order valence-corrected chi connectivity index (χ2v) is 8.13. The molecule has 0 unspecified atom stereocenters. The first-order chi connectivity index (χ1) is 11.4. The summed E-state index contributed by atoms with van der Waals surface area (Å²) in [5, 5.41) is 20.1. The van der Waals surface area contributed by atoms with Crippen LogP contribution in [0.5, 0.6) is 0 Å². The molecule has 0 spiro atoms. The van der Waals surface area contributed by atoms with Gasteiger partial charge in [-0.05, 0) is 48.8 Å². The second-order valence-electron chi connectivity index (χ2n) is 6.37. The lowest BCUT2D eigenvalue weighted by atomic mass is 9.68. The monoisotopic (exact) mass is 360 g/mol. The highest BCUT2D eigenvalue weighted by atomic mass is 32.2. The number of hydrogen-bond acceptors (Lipinski definition) is 5. The number of halogens is 1. The average Bonchev–Trinajstić information content (AvgIpc) is 2.54. The van der Waals surface area contributed by atoms with Crippen molar-refractivity contribution in [3.8, 4) is 0 Å². The van der Waals surface area contributed by atoms with Crippen molar-refractivity contribution in [1.29, 1.82) is 0 Å². The van der Waals surface area contributed by atoms with Gasteiger partial charge in [-0.3, -0.25) is 4.18 Å². The molecule has 1 aromatic carbocycles. The van der Waals surface area contributed by atoms with Gasteiger partial charge in [-0.1, -0.05) is 19.1 Å². The van der Waals surface area contributed by atoms with Crippen LogP contribution < -0.4 is 0 Å². The summed E-state index contributed by atoms with van der Waals surface area (Å²) >= 11 is 0. The van der Waals surface area contributed by atoms with Crippen molar-refractivity contribution in [2.24, 2.45) is 11.8 Å². The van der Waals surface area contributed by atoms with Gasteiger partial charge in [0.05, 0.1) is 18.5 Å². The Morgan fingerprint density at radius 1 is 1.25 bits per heavy atom. The van der Waals surface area contributed by atoms with Crippen LogP contribution in [0.15, 0.2) is 24.3 Å². The summed E-state index contributed by atoms with van der Waals surface area (Å²) in [6, 6.07) is 5.82. The molecule has 0 aromatic heterocycles. The fraction of sp³-hybridized carbons (Fsp3) is 0.647. The number of hydrogen-bond donors (Lipinski definition) is 2. The van der Waals surface area contributed by atoms with Crippen molar-refractivity contribution in [2.45, 2.75) is 38.2 Å². The molecule has 0 radical (unpaired) electrons. The quantitative estimate of drug-likeness (QED) is 0.727. The van der Waals surface area contributed by atoms with Gasteiger partial charge in [-0.2, -0.15) is 8.42 Å². The molecule has 1 aliphatic carbocycles. The standard InChI is InChI=1S/C17H25FO5S/c1-2-9-24(21,22)23-11-15-13(10-19)5-8-16(20)17(15)12-3-6-14(18)7-4-12/h3-4,6-7,13,15-17,19-20H,2,5,8-11H2,1H3/t13-,15-,16+,17+/m1/s1. The van der Waals surface area contributed by atoms with E-state index in [1.165, 1.54) is 12.1 Å². The van der Waals surface area contributed by atoms with Gasteiger partial charge in [-0.15, -0.1) is 0 Å². The first kappa shape index (κ1) is 19.3. The molecule has 1 aromatic rings. The molecule has 2 rings (SSSR count). The van der Waals surface area contributed by atoms with Crippen LogP contribution in [-0.4, -0.2) is 43.7 Å². The highest BCUT2D eigenvalue weighted by Crippen LogP contribution is 2.41. The minimum Gasteiger partial charge on any atom is -0.396 e. The largest absolute Gasteiger partial charge is 0.396 e. The molecule has 1 saturated carbocycles. The first-order valence-corrected chi connectivity index (χ1v) is 9.87. The van der Waals surface area contributed by atoms with E-state index in [-0.39, 0.29) is 36.6 Å². The number of benzene rings is 1. The molecule has 24 heavy (non-hydrogen) atoms. The lowest BCUT2D eigenvalue weighted by Gasteiger charge is -2.40. The predicted octanol–water partition coefficient (Wildman–Crippen LogP) is 2.05. The molecule has 1 aliphatic rings. The van der Waals surface area contributed by atoms with Crippen LogP contribution in [0.25, 0.3) is 0 Å². The maximum atomic E-state index is 13.2. The maximum absolute atomic E-state index is 13.2. The Balaban J connectivity index is 2.24. The van der Waals surface area contributed by atoms with Crippen LogP contribution in [0.2, 0.25) is 0 Å². The van der Waals surface area contributed by atoms with Gasteiger partial charge in [0.2, 0.25) is 0 Å². The van der Waals surface area contributed by atoms with Gasteiger partial charge in [0, 0.05) is 12.5 Å². The van der Waals surface area contributed by atoms with Gasteiger partial charge in [0.15, 0.2) is 0 Å². The van der Waals surface area contributed by atoms with E-state index >= 15 is 0 Å². The van der Waals surface area contributed by atoms with Crippen molar-refractivity contribution in [3.63, 3.8) is 0 Å². The maximum Gasteiger partial charge on any atom is 0.267 e. The summed E-state index contributed by atoms with van der Waals surface area (Å²) < 4.78 is 42.0. The SMILES string of the molecule is CCCS(=O)(=O)OC[C@@H]1[C@@H](CO)CC[C@H](O)[C@H]1c1ccc(F)cc1. The van der Waals surface area contributed by atoms with Crippen molar-refractivity contribution in [2.75, 3.05) is 19.0 Å². The molecular weight excluding hydrogens is 335 g/mol. The summed E-state index contributed by atoms with van der Waals surface area (Å²) in [7, 11) is -3.62. The topological polar surface area (TPSA) is 83.8 Å². The van der Waals surface area contributed by atoms with E-state index in [0.717, 1.165) is 5.56 Å². The van der Waals surface area contributed by atoms with Crippen LogP contribution in [-0.2, 0) is 14.3 Å². The molecular formula is C17H25FO5S. The highest BCUT2D eigenvalue weighted by Gasteiger charge is 2.40. The molecule has 2 N–H and O–H groups in total. The molecule has 0 bridgehead atoms. The minimum absolute atomic E-state index is 0.0622. The van der Waals surface area contributed by atoms with Gasteiger partial charge < -0.3 is 10.2 Å². The summed E-state index contributed by atoms with van der Waals surface area (Å²) in [5.74, 6) is -1.35. The van der Waals surface area contributed by atoms with Gasteiger partial charge in [0.25, 0.3) is 10.1 Å². The molecule has 7 heteroatoms. The predicted molar refractivity (Wildman–Crippen MR) is 88.5 cm³/mol. The van der Waals surface area contributed by atoms with Crippen LogP contribution in [0.3, 0.4) is 0 Å². The third-order valence-corrected chi connectivity index (χ3v) is 6.10. The Morgan fingerprint density at radius 2 is 1.92 bits per heavy atom. The lowest BCUT2D eigenvalue weighted by Crippen LogP contribution is -2.40. The van der Waals surface area contributed by atoms with E-state index in [1.54, 1.807) is 19.1 Å². The molecule has 0 amide bonds. The third-order valence-electron chi connectivity index (χ3n) is 4.70. The van der Waals surface area contributed by atoms with Crippen molar-refractivity contribution in [1.82, 2.24) is 0 Å². The van der Waals surface area contributed by atoms with E-state index in [0.29, 0.717) is 19.3 Å². The van der Waals surface area contributed by atoms with E-state index in [4.69, 9.17) is 4.18 Å². The van der Waals surface area contributed by atoms with Crippen molar-refractivity contribution >= 4 is 10.1 Å².